The zero-order valence-electron chi connectivity index (χ0n) is 17.6. The van der Waals surface area contributed by atoms with Crippen LogP contribution in [0.1, 0.15) is 33.6 Å². The number of ether oxygens (including phenoxy) is 2. The maximum atomic E-state index is 12.6. The molecule has 0 saturated carbocycles. The quantitative estimate of drug-likeness (QED) is 0.483. The van der Waals surface area contributed by atoms with Gasteiger partial charge in [-0.3, -0.25) is 9.59 Å². The minimum absolute atomic E-state index is 0.0600. The summed E-state index contributed by atoms with van der Waals surface area (Å²) < 4.78 is 10.7. The number of carbonyl (C=O) groups excluding carboxylic acids is 2. The van der Waals surface area contributed by atoms with E-state index in [1.165, 1.54) is 4.88 Å². The number of nitrogens with one attached hydrogen (secondary N) is 2. The molecule has 0 radical (unpaired) electrons. The molecule has 0 atom stereocenters. The maximum absolute atomic E-state index is 12.6. The van der Waals surface area contributed by atoms with Crippen LogP contribution in [-0.4, -0.2) is 26.0 Å². The number of aryl methyl sites for hydroxylation is 1. The van der Waals surface area contributed by atoms with Gasteiger partial charge in [0.05, 0.1) is 14.2 Å². The van der Waals surface area contributed by atoms with Crippen LogP contribution in [0, 0.1) is 0 Å². The van der Waals surface area contributed by atoms with Crippen LogP contribution < -0.4 is 20.1 Å². The third-order valence-electron chi connectivity index (χ3n) is 4.74. The van der Waals surface area contributed by atoms with Gasteiger partial charge in [0.25, 0.3) is 5.91 Å². The van der Waals surface area contributed by atoms with Crippen LogP contribution in [0.3, 0.4) is 0 Å². The van der Waals surface area contributed by atoms with Gasteiger partial charge in [0.1, 0.15) is 0 Å². The van der Waals surface area contributed by atoms with Crippen molar-refractivity contribution in [2.75, 3.05) is 19.5 Å². The third-order valence-corrected chi connectivity index (χ3v) is 5.68. The highest BCUT2D eigenvalue weighted by Gasteiger charge is 2.12. The Kier molecular flexibility index (Phi) is 8.06. The molecule has 162 valence electrons. The van der Waals surface area contributed by atoms with E-state index >= 15 is 0 Å². The van der Waals surface area contributed by atoms with Gasteiger partial charge in [-0.15, -0.1) is 11.3 Å². The van der Waals surface area contributed by atoms with Crippen molar-refractivity contribution in [3.05, 3.63) is 76.0 Å². The molecule has 0 saturated heterocycles. The normalized spacial score (nSPS) is 10.4. The van der Waals surface area contributed by atoms with Crippen LogP contribution in [0.4, 0.5) is 5.69 Å². The SMILES string of the molecule is COc1cccc(CNC(=O)c2cccc(NC(=O)CCCc3cccs3)c2)c1OC. The van der Waals surface area contributed by atoms with Gasteiger partial charge in [-0.25, -0.2) is 0 Å². The van der Waals surface area contributed by atoms with Crippen molar-refractivity contribution in [1.82, 2.24) is 5.32 Å². The molecule has 2 aromatic carbocycles. The van der Waals surface area contributed by atoms with Gasteiger partial charge in [0, 0.05) is 34.7 Å². The molecule has 0 fully saturated rings. The van der Waals surface area contributed by atoms with Gasteiger partial charge >= 0.3 is 0 Å². The Morgan fingerprint density at radius 1 is 1.00 bits per heavy atom. The van der Waals surface area contributed by atoms with E-state index in [4.69, 9.17) is 9.47 Å². The minimum Gasteiger partial charge on any atom is -0.493 e. The van der Waals surface area contributed by atoms with Crippen molar-refractivity contribution in [2.24, 2.45) is 0 Å². The first-order valence-corrected chi connectivity index (χ1v) is 10.9. The number of benzene rings is 2. The van der Waals surface area contributed by atoms with Crippen LogP contribution in [0.2, 0.25) is 0 Å². The molecule has 7 heteroatoms. The molecule has 2 N–H and O–H groups in total. The first-order chi connectivity index (χ1) is 15.1. The van der Waals surface area contributed by atoms with E-state index in [2.05, 4.69) is 16.7 Å². The lowest BCUT2D eigenvalue weighted by atomic mass is 10.1. The number of thiophene rings is 1. The summed E-state index contributed by atoms with van der Waals surface area (Å²) >= 11 is 1.70. The van der Waals surface area contributed by atoms with E-state index in [1.807, 2.05) is 23.6 Å². The number of para-hydroxylation sites is 1. The van der Waals surface area contributed by atoms with Crippen molar-refractivity contribution in [3.8, 4) is 11.5 Å². The van der Waals surface area contributed by atoms with E-state index in [0.717, 1.165) is 18.4 Å². The smallest absolute Gasteiger partial charge is 0.251 e. The molecular formula is C24H26N2O4S. The van der Waals surface area contributed by atoms with E-state index in [-0.39, 0.29) is 11.8 Å². The molecular weight excluding hydrogens is 412 g/mol. The number of hydrogen-bond donors (Lipinski definition) is 2. The Labute approximate surface area is 186 Å². The highest BCUT2D eigenvalue weighted by Crippen LogP contribution is 2.30. The fraction of sp³-hybridized carbons (Fsp3) is 0.250. The molecule has 0 aliphatic carbocycles. The fourth-order valence-corrected chi connectivity index (χ4v) is 3.96. The van der Waals surface area contributed by atoms with Gasteiger partial charge in [-0.05, 0) is 48.6 Å². The summed E-state index contributed by atoms with van der Waals surface area (Å²) in [6.07, 6.45) is 2.11. The number of hydrogen-bond acceptors (Lipinski definition) is 5. The number of methoxy groups -OCH3 is 2. The van der Waals surface area contributed by atoms with Gasteiger partial charge in [-0.2, -0.15) is 0 Å². The summed E-state index contributed by atoms with van der Waals surface area (Å²) in [6.45, 7) is 0.290. The van der Waals surface area contributed by atoms with Crippen molar-refractivity contribution in [2.45, 2.75) is 25.8 Å². The summed E-state index contributed by atoms with van der Waals surface area (Å²) in [7, 11) is 3.14. The van der Waals surface area contributed by atoms with Crippen LogP contribution in [0.5, 0.6) is 11.5 Å². The van der Waals surface area contributed by atoms with Gasteiger partial charge in [0.2, 0.25) is 5.91 Å². The minimum atomic E-state index is -0.237. The molecule has 3 aromatic rings. The Hall–Kier alpha value is -3.32. The third kappa shape index (κ3) is 6.33. The summed E-state index contributed by atoms with van der Waals surface area (Å²) in [5.74, 6) is 0.904. The maximum Gasteiger partial charge on any atom is 0.251 e. The summed E-state index contributed by atoms with van der Waals surface area (Å²) in [5.41, 5.74) is 1.89. The molecule has 0 bridgehead atoms. The Morgan fingerprint density at radius 3 is 2.58 bits per heavy atom. The lowest BCUT2D eigenvalue weighted by Gasteiger charge is -2.13. The predicted octanol–water partition coefficient (Wildman–Crippen LogP) is 4.66. The Morgan fingerprint density at radius 2 is 1.84 bits per heavy atom. The molecule has 0 aliphatic heterocycles. The molecule has 0 spiro atoms. The average molecular weight is 439 g/mol. The first kappa shape index (κ1) is 22.4. The molecule has 0 aliphatic rings. The van der Waals surface area contributed by atoms with Gasteiger partial charge in [-0.1, -0.05) is 24.3 Å². The number of anilines is 1. The fourth-order valence-electron chi connectivity index (χ4n) is 3.21. The molecule has 31 heavy (non-hydrogen) atoms. The Balaban J connectivity index is 1.54. The summed E-state index contributed by atoms with van der Waals surface area (Å²) in [6, 6.07) is 16.5. The van der Waals surface area contributed by atoms with Crippen LogP contribution in [0.25, 0.3) is 0 Å². The molecule has 0 unspecified atom stereocenters. The predicted molar refractivity (Wildman–Crippen MR) is 123 cm³/mol. The van der Waals surface area contributed by atoms with Gasteiger partial charge < -0.3 is 20.1 Å². The highest BCUT2D eigenvalue weighted by atomic mass is 32.1. The zero-order valence-corrected chi connectivity index (χ0v) is 18.5. The molecule has 6 nitrogen and oxygen atoms in total. The van der Waals surface area contributed by atoms with Gasteiger partial charge in [0.15, 0.2) is 11.5 Å². The molecule has 1 aromatic heterocycles. The lowest BCUT2D eigenvalue weighted by Crippen LogP contribution is -2.23. The number of rotatable bonds is 10. The first-order valence-electron chi connectivity index (χ1n) is 10.0. The molecule has 2 amide bonds. The largest absolute Gasteiger partial charge is 0.493 e. The van der Waals surface area contributed by atoms with Crippen molar-refractivity contribution < 1.29 is 19.1 Å². The van der Waals surface area contributed by atoms with E-state index in [9.17, 15) is 9.59 Å². The topological polar surface area (TPSA) is 76.7 Å². The van der Waals surface area contributed by atoms with Crippen LogP contribution in [0.15, 0.2) is 60.0 Å². The molecule has 1 heterocycles. The standard InChI is InChI=1S/C24H26N2O4S/c1-29-21-12-4-8-18(23(21)30-2)16-25-24(28)17-7-3-9-19(15-17)26-22(27)13-5-10-20-11-6-14-31-20/h3-4,6-9,11-12,14-15H,5,10,13,16H2,1-2H3,(H,25,28)(H,26,27). The second-order valence-corrected chi connectivity index (χ2v) is 7.93. The number of amides is 2. The average Bonchev–Trinajstić information content (AvgIpc) is 3.30. The van der Waals surface area contributed by atoms with Crippen molar-refractivity contribution in [1.29, 1.82) is 0 Å². The van der Waals surface area contributed by atoms with Crippen LogP contribution >= 0.6 is 11.3 Å². The lowest BCUT2D eigenvalue weighted by molar-refractivity contribution is -0.116. The number of carbonyl (C=O) groups is 2. The highest BCUT2D eigenvalue weighted by molar-refractivity contribution is 7.09. The second kappa shape index (κ2) is 11.2. The monoisotopic (exact) mass is 438 g/mol. The van der Waals surface area contributed by atoms with Crippen molar-refractivity contribution >= 4 is 28.8 Å². The van der Waals surface area contributed by atoms with E-state index in [0.29, 0.717) is 35.7 Å². The van der Waals surface area contributed by atoms with Crippen LogP contribution in [-0.2, 0) is 17.8 Å². The summed E-state index contributed by atoms with van der Waals surface area (Å²) in [5, 5.41) is 7.80. The molecule has 3 rings (SSSR count). The van der Waals surface area contributed by atoms with Crippen molar-refractivity contribution in [3.63, 3.8) is 0 Å². The zero-order chi connectivity index (χ0) is 22.1. The Bertz CT molecular complexity index is 1020. The van der Waals surface area contributed by atoms with E-state index < -0.39 is 0 Å². The summed E-state index contributed by atoms with van der Waals surface area (Å²) in [4.78, 5) is 26.1. The van der Waals surface area contributed by atoms with E-state index in [1.54, 1.807) is 55.9 Å². The second-order valence-electron chi connectivity index (χ2n) is 6.90.